The second-order valence-corrected chi connectivity index (χ2v) is 5.47. The van der Waals surface area contributed by atoms with Crippen molar-refractivity contribution < 1.29 is 4.79 Å². The normalized spacial score (nSPS) is 23.5. The van der Waals surface area contributed by atoms with E-state index in [9.17, 15) is 4.79 Å². The second kappa shape index (κ2) is 5.06. The van der Waals surface area contributed by atoms with Crippen molar-refractivity contribution in [1.29, 1.82) is 0 Å². The van der Waals surface area contributed by atoms with Crippen LogP contribution in [0.3, 0.4) is 0 Å². The van der Waals surface area contributed by atoms with Crippen molar-refractivity contribution in [1.82, 2.24) is 10.6 Å². The van der Waals surface area contributed by atoms with Crippen LogP contribution in [0, 0.1) is 19.8 Å². The van der Waals surface area contributed by atoms with E-state index in [0.29, 0.717) is 5.11 Å². The monoisotopic (exact) mass is 262 g/mol. The molecule has 2 atom stereocenters. The Kier molecular flexibility index (Phi) is 3.66. The summed E-state index contributed by atoms with van der Waals surface area (Å²) >= 11 is 4.98. The van der Waals surface area contributed by atoms with E-state index >= 15 is 0 Å². The van der Waals surface area contributed by atoms with Crippen molar-refractivity contribution in [3.05, 3.63) is 34.9 Å². The molecule has 1 aliphatic heterocycles. The molecule has 96 valence electrons. The molecule has 0 aromatic heterocycles. The lowest BCUT2D eigenvalue weighted by molar-refractivity contribution is -0.125. The molecule has 0 radical (unpaired) electrons. The van der Waals surface area contributed by atoms with Crippen molar-refractivity contribution >= 4 is 23.2 Å². The largest absolute Gasteiger partial charge is 0.359 e. The first-order valence-corrected chi connectivity index (χ1v) is 6.55. The summed E-state index contributed by atoms with van der Waals surface area (Å²) in [5, 5.41) is 6.23. The molecule has 2 N–H and O–H groups in total. The Morgan fingerprint density at radius 1 is 1.22 bits per heavy atom. The maximum absolute atomic E-state index is 12.0. The Balaban J connectivity index is 2.17. The van der Waals surface area contributed by atoms with Crippen LogP contribution in [0.1, 0.15) is 23.6 Å². The zero-order valence-corrected chi connectivity index (χ0v) is 11.7. The zero-order valence-electron chi connectivity index (χ0n) is 10.9. The number of aryl methyl sites for hydroxylation is 2. The second-order valence-electron chi connectivity index (χ2n) is 5.06. The van der Waals surface area contributed by atoms with E-state index in [-0.39, 0.29) is 17.9 Å². The highest BCUT2D eigenvalue weighted by Crippen LogP contribution is 2.18. The van der Waals surface area contributed by atoms with Crippen molar-refractivity contribution in [3.8, 4) is 0 Å². The number of nitrogens with one attached hydrogen (secondary N) is 2. The molecule has 3 nitrogen and oxygen atoms in total. The third kappa shape index (κ3) is 2.88. The lowest BCUT2D eigenvalue weighted by atomic mass is 9.90. The number of thiocarbonyl (C=S) groups is 1. The number of amides is 1. The number of carbonyl (C=O) groups is 1. The van der Waals surface area contributed by atoms with Gasteiger partial charge in [0, 0.05) is 6.04 Å². The van der Waals surface area contributed by atoms with Gasteiger partial charge in [0.25, 0.3) is 0 Å². The summed E-state index contributed by atoms with van der Waals surface area (Å²) in [6.07, 6.45) is 0.741. The molecular formula is C14H18N2OS. The zero-order chi connectivity index (χ0) is 13.3. The standard InChI is InChI=1S/C14H18N2OS/c1-8-4-9(2)6-11(5-8)7-12-10(3)15-14(18)16-13(12)17/h4-6,10,12H,7H2,1-3H3,(H2,15,16,17,18). The molecule has 2 unspecified atom stereocenters. The number of hydrogen-bond donors (Lipinski definition) is 2. The van der Waals surface area contributed by atoms with E-state index in [1.54, 1.807) is 0 Å². The van der Waals surface area contributed by atoms with Crippen LogP contribution in [0.2, 0.25) is 0 Å². The van der Waals surface area contributed by atoms with Crippen LogP contribution in [-0.2, 0) is 11.2 Å². The van der Waals surface area contributed by atoms with Gasteiger partial charge in [0.1, 0.15) is 0 Å². The van der Waals surface area contributed by atoms with Crippen LogP contribution in [-0.4, -0.2) is 17.1 Å². The van der Waals surface area contributed by atoms with Crippen molar-refractivity contribution in [2.75, 3.05) is 0 Å². The van der Waals surface area contributed by atoms with Crippen LogP contribution in [0.25, 0.3) is 0 Å². The molecule has 1 aromatic carbocycles. The molecule has 1 fully saturated rings. The summed E-state index contributed by atoms with van der Waals surface area (Å²) in [7, 11) is 0. The predicted octanol–water partition coefficient (Wildman–Crippen LogP) is 1.85. The molecule has 0 saturated carbocycles. The maximum Gasteiger partial charge on any atom is 0.231 e. The highest BCUT2D eigenvalue weighted by atomic mass is 32.1. The molecule has 2 rings (SSSR count). The quantitative estimate of drug-likeness (QED) is 0.799. The molecule has 1 amide bonds. The SMILES string of the molecule is Cc1cc(C)cc(CC2C(=O)NC(=S)NC2C)c1. The van der Waals surface area contributed by atoms with Gasteiger partial charge in [-0.05, 0) is 45.0 Å². The van der Waals surface area contributed by atoms with E-state index in [1.165, 1.54) is 16.7 Å². The lowest BCUT2D eigenvalue weighted by Gasteiger charge is -2.30. The molecule has 0 bridgehead atoms. The smallest absolute Gasteiger partial charge is 0.231 e. The van der Waals surface area contributed by atoms with Crippen molar-refractivity contribution in [2.24, 2.45) is 5.92 Å². The molecule has 1 heterocycles. The summed E-state index contributed by atoms with van der Waals surface area (Å²) in [6, 6.07) is 6.49. The predicted molar refractivity (Wildman–Crippen MR) is 76.4 cm³/mol. The van der Waals surface area contributed by atoms with E-state index in [4.69, 9.17) is 12.2 Å². The van der Waals surface area contributed by atoms with Gasteiger partial charge >= 0.3 is 0 Å². The summed E-state index contributed by atoms with van der Waals surface area (Å²) < 4.78 is 0. The molecule has 1 saturated heterocycles. The summed E-state index contributed by atoms with van der Waals surface area (Å²) in [6.45, 7) is 6.15. The van der Waals surface area contributed by atoms with Crippen LogP contribution in [0.5, 0.6) is 0 Å². The van der Waals surface area contributed by atoms with Crippen LogP contribution in [0.15, 0.2) is 18.2 Å². The summed E-state index contributed by atoms with van der Waals surface area (Å²) in [4.78, 5) is 12.0. The van der Waals surface area contributed by atoms with Gasteiger partial charge < -0.3 is 10.6 Å². The first kappa shape index (κ1) is 13.0. The molecule has 1 aliphatic rings. The Hall–Kier alpha value is -1.42. The van der Waals surface area contributed by atoms with Gasteiger partial charge in [0.2, 0.25) is 5.91 Å². The van der Waals surface area contributed by atoms with E-state index < -0.39 is 0 Å². The molecule has 0 spiro atoms. The minimum absolute atomic E-state index is 0.0189. The van der Waals surface area contributed by atoms with Crippen LogP contribution < -0.4 is 10.6 Å². The van der Waals surface area contributed by atoms with Crippen LogP contribution in [0.4, 0.5) is 0 Å². The van der Waals surface area contributed by atoms with E-state index in [1.807, 2.05) is 6.92 Å². The Labute approximate surface area is 113 Å². The fourth-order valence-electron chi connectivity index (χ4n) is 2.49. The third-order valence-corrected chi connectivity index (χ3v) is 3.49. The first-order chi connectivity index (χ1) is 8.45. The number of hydrogen-bond acceptors (Lipinski definition) is 2. The number of benzene rings is 1. The first-order valence-electron chi connectivity index (χ1n) is 6.14. The molecule has 1 aromatic rings. The molecular weight excluding hydrogens is 244 g/mol. The van der Waals surface area contributed by atoms with Gasteiger partial charge in [-0.3, -0.25) is 4.79 Å². The fourth-order valence-corrected chi connectivity index (χ4v) is 2.77. The van der Waals surface area contributed by atoms with E-state index in [0.717, 1.165) is 6.42 Å². The van der Waals surface area contributed by atoms with Crippen molar-refractivity contribution in [3.63, 3.8) is 0 Å². The van der Waals surface area contributed by atoms with E-state index in [2.05, 4.69) is 42.7 Å². The Morgan fingerprint density at radius 3 is 2.39 bits per heavy atom. The Morgan fingerprint density at radius 2 is 1.83 bits per heavy atom. The highest BCUT2D eigenvalue weighted by molar-refractivity contribution is 7.80. The Bertz CT molecular complexity index is 478. The van der Waals surface area contributed by atoms with Gasteiger partial charge in [0.05, 0.1) is 5.92 Å². The topological polar surface area (TPSA) is 41.1 Å². The van der Waals surface area contributed by atoms with Crippen LogP contribution >= 0.6 is 12.2 Å². The molecule has 0 aliphatic carbocycles. The van der Waals surface area contributed by atoms with Gasteiger partial charge in [-0.25, -0.2) is 0 Å². The van der Waals surface area contributed by atoms with Crippen molar-refractivity contribution in [2.45, 2.75) is 33.2 Å². The minimum Gasteiger partial charge on any atom is -0.359 e. The third-order valence-electron chi connectivity index (χ3n) is 3.27. The highest BCUT2D eigenvalue weighted by Gasteiger charge is 2.30. The molecule has 4 heteroatoms. The minimum atomic E-state index is -0.0714. The van der Waals surface area contributed by atoms with Gasteiger partial charge in [-0.2, -0.15) is 0 Å². The lowest BCUT2D eigenvalue weighted by Crippen LogP contribution is -2.57. The average Bonchev–Trinajstić information content (AvgIpc) is 2.22. The number of rotatable bonds is 2. The number of carbonyl (C=O) groups excluding carboxylic acids is 1. The average molecular weight is 262 g/mol. The fraction of sp³-hybridized carbons (Fsp3) is 0.429. The maximum atomic E-state index is 12.0. The van der Waals surface area contributed by atoms with Gasteiger partial charge in [-0.15, -0.1) is 0 Å². The van der Waals surface area contributed by atoms with Gasteiger partial charge in [0.15, 0.2) is 5.11 Å². The van der Waals surface area contributed by atoms with Gasteiger partial charge in [-0.1, -0.05) is 29.3 Å². The summed E-state index contributed by atoms with van der Waals surface area (Å²) in [5.74, 6) is -0.0525. The summed E-state index contributed by atoms with van der Waals surface area (Å²) in [5.41, 5.74) is 3.67. The molecule has 18 heavy (non-hydrogen) atoms.